The molecule has 0 rings (SSSR count). The molecule has 0 aliphatic heterocycles. The Bertz CT molecular complexity index is 832. The van der Waals surface area contributed by atoms with Gasteiger partial charge < -0.3 is 25.7 Å². The van der Waals surface area contributed by atoms with Gasteiger partial charge in [0.05, 0.1) is 18.8 Å². The minimum atomic E-state index is -1.29. The highest BCUT2D eigenvalue weighted by Gasteiger charge is 2.28. The van der Waals surface area contributed by atoms with Crippen molar-refractivity contribution in [2.75, 3.05) is 6.61 Å². The van der Waals surface area contributed by atoms with Crippen molar-refractivity contribution in [3.63, 3.8) is 0 Å². The molecule has 0 bridgehead atoms. The Morgan fingerprint density at radius 2 is 0.764 bits per heavy atom. The Labute approximate surface area is 342 Å². The number of amides is 1. The monoisotopic (exact) mass is 778 g/mol. The van der Waals surface area contributed by atoms with E-state index in [1.165, 1.54) is 180 Å². The van der Waals surface area contributed by atoms with Gasteiger partial charge in [-0.15, -0.1) is 0 Å². The van der Waals surface area contributed by atoms with Crippen molar-refractivity contribution < 1.29 is 25.2 Å². The van der Waals surface area contributed by atoms with E-state index in [9.17, 15) is 25.2 Å². The third kappa shape index (κ3) is 38.1. The molecule has 0 aromatic carbocycles. The van der Waals surface area contributed by atoms with E-state index in [1.54, 1.807) is 0 Å². The Kier molecular flexibility index (Phi) is 42.9. The van der Waals surface area contributed by atoms with E-state index in [2.05, 4.69) is 43.5 Å². The molecule has 0 heterocycles. The molecule has 0 saturated heterocycles. The van der Waals surface area contributed by atoms with Crippen molar-refractivity contribution in [1.82, 2.24) is 5.32 Å². The van der Waals surface area contributed by atoms with Gasteiger partial charge in [0.15, 0.2) is 0 Å². The van der Waals surface area contributed by atoms with Gasteiger partial charge in [-0.05, 0) is 51.4 Å². The maximum atomic E-state index is 12.4. The lowest BCUT2D eigenvalue weighted by Crippen LogP contribution is -2.53. The number of nitrogens with one attached hydrogen (secondary N) is 1. The summed E-state index contributed by atoms with van der Waals surface area (Å²) in [4.78, 5) is 12.4. The molecule has 5 N–H and O–H groups in total. The van der Waals surface area contributed by atoms with Crippen LogP contribution in [0.25, 0.3) is 0 Å². The molecule has 0 radical (unpaired) electrons. The Hall–Kier alpha value is -1.21. The number of allylic oxidation sites excluding steroid dienone is 4. The summed E-state index contributed by atoms with van der Waals surface area (Å²) in [5, 5.41) is 43.5. The van der Waals surface area contributed by atoms with E-state index in [-0.39, 0.29) is 0 Å². The second kappa shape index (κ2) is 43.9. The molecule has 0 aromatic rings. The maximum absolute atomic E-state index is 12.4. The standard InChI is InChI=1S/C49H95NO5/c1-3-5-7-9-11-13-14-15-16-17-18-19-20-21-22-23-24-25-26-27-28-29-30-31-32-33-35-36-38-40-42-46(52)48(54)45(44-51)50-49(55)47(53)43-41-39-37-34-12-10-8-6-4-2/h30-31,35-36,45-48,51-54H,3-29,32-34,37-44H2,1-2H3,(H,50,55)/b31-30+,36-35+. The number of rotatable bonds is 44. The van der Waals surface area contributed by atoms with Gasteiger partial charge in [-0.3, -0.25) is 4.79 Å². The highest BCUT2D eigenvalue weighted by molar-refractivity contribution is 5.80. The van der Waals surface area contributed by atoms with Gasteiger partial charge in [-0.1, -0.05) is 224 Å². The smallest absolute Gasteiger partial charge is 0.249 e. The van der Waals surface area contributed by atoms with Crippen molar-refractivity contribution in [1.29, 1.82) is 0 Å². The zero-order valence-corrected chi connectivity index (χ0v) is 36.7. The summed E-state index contributed by atoms with van der Waals surface area (Å²) in [7, 11) is 0. The van der Waals surface area contributed by atoms with Crippen LogP contribution in [0.4, 0.5) is 0 Å². The quantitative estimate of drug-likeness (QED) is 0.0313. The van der Waals surface area contributed by atoms with Gasteiger partial charge in [0, 0.05) is 0 Å². The molecular weight excluding hydrogens is 683 g/mol. The van der Waals surface area contributed by atoms with Gasteiger partial charge in [0.2, 0.25) is 5.91 Å². The first kappa shape index (κ1) is 53.8. The molecule has 0 fully saturated rings. The second-order valence-corrected chi connectivity index (χ2v) is 16.8. The number of aliphatic hydroxyl groups is 4. The van der Waals surface area contributed by atoms with Gasteiger partial charge in [-0.2, -0.15) is 0 Å². The molecule has 0 aromatic heterocycles. The maximum Gasteiger partial charge on any atom is 0.249 e. The highest BCUT2D eigenvalue weighted by Crippen LogP contribution is 2.16. The van der Waals surface area contributed by atoms with E-state index in [1.807, 2.05) is 0 Å². The topological polar surface area (TPSA) is 110 Å². The zero-order valence-electron chi connectivity index (χ0n) is 36.7. The number of carbonyl (C=O) groups excluding carboxylic acids is 1. The highest BCUT2D eigenvalue weighted by atomic mass is 16.3. The molecule has 0 spiro atoms. The molecule has 55 heavy (non-hydrogen) atoms. The normalized spacial score (nSPS) is 14.2. The average molecular weight is 778 g/mol. The van der Waals surface area contributed by atoms with Crippen LogP contribution in [0, 0.1) is 0 Å². The summed E-state index contributed by atoms with van der Waals surface area (Å²) in [5.74, 6) is -0.599. The Morgan fingerprint density at radius 3 is 1.15 bits per heavy atom. The lowest BCUT2D eigenvalue weighted by atomic mass is 10.00. The number of hydrogen-bond acceptors (Lipinski definition) is 5. The minimum absolute atomic E-state index is 0.361. The van der Waals surface area contributed by atoms with E-state index in [0.717, 1.165) is 38.5 Å². The predicted molar refractivity (Wildman–Crippen MR) is 237 cm³/mol. The van der Waals surface area contributed by atoms with Crippen LogP contribution in [-0.4, -0.2) is 57.3 Å². The number of unbranched alkanes of at least 4 members (excludes halogenated alkanes) is 31. The van der Waals surface area contributed by atoms with E-state index in [4.69, 9.17) is 0 Å². The van der Waals surface area contributed by atoms with Crippen LogP contribution < -0.4 is 5.32 Å². The fraction of sp³-hybridized carbons (Fsp3) is 0.898. The Morgan fingerprint density at radius 1 is 0.436 bits per heavy atom. The first-order valence-corrected chi connectivity index (χ1v) is 24.2. The fourth-order valence-corrected chi connectivity index (χ4v) is 7.54. The Balaban J connectivity index is 3.63. The summed E-state index contributed by atoms with van der Waals surface area (Å²) in [6, 6.07) is -1.00. The summed E-state index contributed by atoms with van der Waals surface area (Å²) in [6.45, 7) is 4.01. The first-order valence-electron chi connectivity index (χ1n) is 24.2. The lowest BCUT2D eigenvalue weighted by molar-refractivity contribution is -0.132. The van der Waals surface area contributed by atoms with Crippen LogP contribution in [0.5, 0.6) is 0 Å². The summed E-state index contributed by atoms with van der Waals surface area (Å²) in [5.41, 5.74) is 0. The van der Waals surface area contributed by atoms with Crippen molar-refractivity contribution in [2.24, 2.45) is 0 Å². The molecule has 6 heteroatoms. The van der Waals surface area contributed by atoms with Crippen LogP contribution in [0.1, 0.15) is 251 Å². The molecule has 0 saturated carbocycles. The van der Waals surface area contributed by atoms with Gasteiger partial charge >= 0.3 is 0 Å². The van der Waals surface area contributed by atoms with Crippen LogP contribution in [0.3, 0.4) is 0 Å². The van der Waals surface area contributed by atoms with Gasteiger partial charge in [0.1, 0.15) is 12.2 Å². The van der Waals surface area contributed by atoms with E-state index in [0.29, 0.717) is 19.3 Å². The molecule has 0 aliphatic rings. The van der Waals surface area contributed by atoms with Crippen molar-refractivity contribution >= 4 is 5.91 Å². The average Bonchev–Trinajstić information content (AvgIpc) is 3.19. The van der Waals surface area contributed by atoms with Gasteiger partial charge in [-0.25, -0.2) is 0 Å². The number of carbonyl (C=O) groups is 1. The summed E-state index contributed by atoms with van der Waals surface area (Å²) in [6.07, 6.45) is 51.2. The van der Waals surface area contributed by atoms with Crippen molar-refractivity contribution in [2.45, 2.75) is 276 Å². The molecule has 6 nitrogen and oxygen atoms in total. The van der Waals surface area contributed by atoms with Gasteiger partial charge in [0.25, 0.3) is 0 Å². The molecule has 4 unspecified atom stereocenters. The number of hydrogen-bond donors (Lipinski definition) is 5. The number of aliphatic hydroxyl groups excluding tert-OH is 4. The SMILES string of the molecule is CCCCCCCCCCCCCCCCCCCCCCC/C=C/CC/C=C/CCCC(O)C(O)C(CO)NC(=O)C(O)CCCCCCCCCCC. The third-order valence-electron chi connectivity index (χ3n) is 11.4. The van der Waals surface area contributed by atoms with Crippen LogP contribution >= 0.6 is 0 Å². The molecular formula is C49H95NO5. The summed E-state index contributed by atoms with van der Waals surface area (Å²) >= 11 is 0. The fourth-order valence-electron chi connectivity index (χ4n) is 7.54. The van der Waals surface area contributed by atoms with Crippen LogP contribution in [-0.2, 0) is 4.79 Å². The van der Waals surface area contributed by atoms with Crippen molar-refractivity contribution in [3.8, 4) is 0 Å². The largest absolute Gasteiger partial charge is 0.394 e. The lowest BCUT2D eigenvalue weighted by Gasteiger charge is -2.27. The molecule has 4 atom stereocenters. The molecule has 1 amide bonds. The van der Waals surface area contributed by atoms with Crippen molar-refractivity contribution in [3.05, 3.63) is 24.3 Å². The third-order valence-corrected chi connectivity index (χ3v) is 11.4. The van der Waals surface area contributed by atoms with Crippen LogP contribution in [0.2, 0.25) is 0 Å². The zero-order chi connectivity index (χ0) is 40.3. The van der Waals surface area contributed by atoms with Crippen LogP contribution in [0.15, 0.2) is 24.3 Å². The summed E-state index contributed by atoms with van der Waals surface area (Å²) < 4.78 is 0. The predicted octanol–water partition coefficient (Wildman–Crippen LogP) is 13.1. The molecule has 326 valence electrons. The second-order valence-electron chi connectivity index (χ2n) is 16.8. The van der Waals surface area contributed by atoms with E-state index < -0.39 is 36.9 Å². The van der Waals surface area contributed by atoms with E-state index >= 15 is 0 Å². The first-order chi connectivity index (χ1) is 27.0. The minimum Gasteiger partial charge on any atom is -0.394 e. The molecule has 0 aliphatic carbocycles.